The first kappa shape index (κ1) is 17.6. The molecule has 0 saturated carbocycles. The van der Waals surface area contributed by atoms with Gasteiger partial charge in [-0.1, -0.05) is 18.2 Å². The number of nitrogens with one attached hydrogen (secondary N) is 2. The average molecular weight is 368 g/mol. The van der Waals surface area contributed by atoms with Gasteiger partial charge in [0.15, 0.2) is 10.9 Å². The van der Waals surface area contributed by atoms with Crippen molar-refractivity contribution < 1.29 is 18.7 Å². The highest BCUT2D eigenvalue weighted by Gasteiger charge is 2.13. The van der Waals surface area contributed by atoms with E-state index in [1.165, 1.54) is 0 Å². The number of hydrogen-bond acceptors (Lipinski definition) is 5. The molecule has 0 aliphatic carbocycles. The van der Waals surface area contributed by atoms with Gasteiger partial charge in [0, 0.05) is 11.1 Å². The molecule has 3 aromatic rings. The number of carbonyl (C=O) groups excluding carboxylic acids is 2. The van der Waals surface area contributed by atoms with Gasteiger partial charge in [-0.25, -0.2) is 4.79 Å². The van der Waals surface area contributed by atoms with Gasteiger partial charge in [-0.05, 0) is 55.5 Å². The molecule has 2 aromatic carbocycles. The molecule has 0 spiro atoms. The van der Waals surface area contributed by atoms with E-state index in [9.17, 15) is 9.59 Å². The van der Waals surface area contributed by atoms with Crippen LogP contribution in [0, 0.1) is 0 Å². The first-order chi connectivity index (χ1) is 12.6. The number of anilines is 1. The number of ether oxygens (including phenoxy) is 1. The molecule has 0 atom stereocenters. The predicted octanol–water partition coefficient (Wildman–Crippen LogP) is 3.74. The van der Waals surface area contributed by atoms with E-state index in [1.54, 1.807) is 43.3 Å². The lowest BCUT2D eigenvalue weighted by Crippen LogP contribution is -2.33. The second-order valence-corrected chi connectivity index (χ2v) is 5.76. The van der Waals surface area contributed by atoms with Gasteiger partial charge in [0.05, 0.1) is 12.2 Å². The van der Waals surface area contributed by atoms with E-state index in [0.29, 0.717) is 23.4 Å². The number of benzene rings is 2. The topological polar surface area (TPSA) is 80.6 Å². The third kappa shape index (κ3) is 4.07. The zero-order valence-electron chi connectivity index (χ0n) is 13.9. The number of fused-ring (bicyclic) bond motifs is 1. The summed E-state index contributed by atoms with van der Waals surface area (Å²) < 4.78 is 10.4. The van der Waals surface area contributed by atoms with E-state index in [0.717, 1.165) is 5.39 Å². The summed E-state index contributed by atoms with van der Waals surface area (Å²) in [5.74, 6) is -0.658. The third-order valence-corrected chi connectivity index (χ3v) is 3.73. The van der Waals surface area contributed by atoms with Crippen LogP contribution in [0.25, 0.3) is 11.0 Å². The van der Waals surface area contributed by atoms with E-state index < -0.39 is 5.91 Å². The molecule has 6 nitrogen and oxygen atoms in total. The van der Waals surface area contributed by atoms with Crippen molar-refractivity contribution in [1.29, 1.82) is 0 Å². The van der Waals surface area contributed by atoms with Gasteiger partial charge in [-0.3, -0.25) is 10.1 Å². The maximum absolute atomic E-state index is 12.2. The summed E-state index contributed by atoms with van der Waals surface area (Å²) in [6.45, 7) is 2.06. The van der Waals surface area contributed by atoms with Crippen LogP contribution >= 0.6 is 12.2 Å². The Hall–Kier alpha value is -3.19. The quantitative estimate of drug-likeness (QED) is 0.539. The number of furan rings is 1. The smallest absolute Gasteiger partial charge is 0.338 e. The van der Waals surface area contributed by atoms with Crippen LogP contribution in [0.3, 0.4) is 0 Å². The normalized spacial score (nSPS) is 10.3. The standard InChI is InChI=1S/C19H16N2O4S/c1-2-24-18(23)12-7-9-14(10-8-12)20-19(26)21-17(22)16-11-13-5-3-4-6-15(13)25-16/h3-11H,2H2,1H3,(H2,20,21,22,26). The molecule has 0 bridgehead atoms. The van der Waals surface area contributed by atoms with Crippen LogP contribution < -0.4 is 10.6 Å². The Morgan fingerprint density at radius 1 is 1.12 bits per heavy atom. The van der Waals surface area contributed by atoms with Crippen molar-refractivity contribution in [2.45, 2.75) is 6.92 Å². The molecule has 0 saturated heterocycles. The summed E-state index contributed by atoms with van der Waals surface area (Å²) in [5.41, 5.74) is 1.70. The van der Waals surface area contributed by atoms with Crippen molar-refractivity contribution in [3.63, 3.8) is 0 Å². The lowest BCUT2D eigenvalue weighted by atomic mass is 10.2. The number of amides is 1. The summed E-state index contributed by atoms with van der Waals surface area (Å²) in [4.78, 5) is 23.9. The Morgan fingerprint density at radius 3 is 2.54 bits per heavy atom. The van der Waals surface area contributed by atoms with Crippen molar-refractivity contribution in [2.24, 2.45) is 0 Å². The third-order valence-electron chi connectivity index (χ3n) is 3.53. The van der Waals surface area contributed by atoms with Gasteiger partial charge < -0.3 is 14.5 Å². The van der Waals surface area contributed by atoms with Crippen LogP contribution in [0.5, 0.6) is 0 Å². The Labute approximate surface area is 155 Å². The molecular weight excluding hydrogens is 352 g/mol. The number of carbonyl (C=O) groups is 2. The van der Waals surface area contributed by atoms with Crippen LogP contribution in [0.2, 0.25) is 0 Å². The SMILES string of the molecule is CCOC(=O)c1ccc(NC(=S)NC(=O)c2cc3ccccc3o2)cc1. The summed E-state index contributed by atoms with van der Waals surface area (Å²) in [6.07, 6.45) is 0. The van der Waals surface area contributed by atoms with E-state index >= 15 is 0 Å². The van der Waals surface area contributed by atoms with Gasteiger partial charge in [0.1, 0.15) is 5.58 Å². The number of para-hydroxylation sites is 1. The minimum atomic E-state index is -0.443. The molecule has 0 radical (unpaired) electrons. The zero-order valence-corrected chi connectivity index (χ0v) is 14.8. The summed E-state index contributed by atoms with van der Waals surface area (Å²) in [5, 5.41) is 6.40. The lowest BCUT2D eigenvalue weighted by molar-refractivity contribution is 0.0526. The molecule has 0 fully saturated rings. The monoisotopic (exact) mass is 368 g/mol. The second-order valence-electron chi connectivity index (χ2n) is 5.35. The van der Waals surface area contributed by atoms with Crippen molar-refractivity contribution >= 4 is 45.9 Å². The molecule has 3 rings (SSSR count). The van der Waals surface area contributed by atoms with E-state index in [1.807, 2.05) is 18.2 Å². The zero-order chi connectivity index (χ0) is 18.5. The molecule has 0 aliphatic rings. The van der Waals surface area contributed by atoms with Crippen molar-refractivity contribution in [2.75, 3.05) is 11.9 Å². The molecule has 1 aromatic heterocycles. The van der Waals surface area contributed by atoms with Gasteiger partial charge in [0.25, 0.3) is 5.91 Å². The minimum Gasteiger partial charge on any atom is -0.462 e. The average Bonchev–Trinajstić information content (AvgIpc) is 3.07. The number of rotatable bonds is 4. The van der Waals surface area contributed by atoms with Gasteiger partial charge in [0.2, 0.25) is 0 Å². The Bertz CT molecular complexity index is 930. The Kier molecular flexibility index (Phi) is 5.28. The minimum absolute atomic E-state index is 0.124. The highest BCUT2D eigenvalue weighted by molar-refractivity contribution is 7.80. The van der Waals surface area contributed by atoms with E-state index in [4.69, 9.17) is 21.4 Å². The number of thiocarbonyl (C=S) groups is 1. The predicted molar refractivity (Wildman–Crippen MR) is 102 cm³/mol. The molecule has 26 heavy (non-hydrogen) atoms. The molecule has 0 unspecified atom stereocenters. The summed E-state index contributed by atoms with van der Waals surface area (Å²) in [6, 6.07) is 15.6. The maximum atomic E-state index is 12.2. The fourth-order valence-electron chi connectivity index (χ4n) is 2.32. The van der Waals surface area contributed by atoms with Crippen LogP contribution in [0.1, 0.15) is 27.8 Å². The van der Waals surface area contributed by atoms with Crippen molar-refractivity contribution in [3.8, 4) is 0 Å². The first-order valence-corrected chi connectivity index (χ1v) is 8.35. The highest BCUT2D eigenvalue weighted by atomic mass is 32.1. The van der Waals surface area contributed by atoms with Crippen molar-refractivity contribution in [3.05, 3.63) is 65.9 Å². The van der Waals surface area contributed by atoms with E-state index in [-0.39, 0.29) is 16.8 Å². The van der Waals surface area contributed by atoms with Gasteiger partial charge in [-0.15, -0.1) is 0 Å². The molecule has 2 N–H and O–H groups in total. The summed E-state index contributed by atoms with van der Waals surface area (Å²) in [7, 11) is 0. The van der Waals surface area contributed by atoms with Crippen LogP contribution in [0.4, 0.5) is 5.69 Å². The second kappa shape index (κ2) is 7.79. The lowest BCUT2D eigenvalue weighted by Gasteiger charge is -2.09. The largest absolute Gasteiger partial charge is 0.462 e. The Morgan fingerprint density at radius 2 is 1.85 bits per heavy atom. The fraction of sp³-hybridized carbons (Fsp3) is 0.105. The molecule has 7 heteroatoms. The highest BCUT2D eigenvalue weighted by Crippen LogP contribution is 2.18. The molecule has 132 valence electrons. The molecule has 1 amide bonds. The van der Waals surface area contributed by atoms with Gasteiger partial charge in [-0.2, -0.15) is 0 Å². The molecule has 0 aliphatic heterocycles. The van der Waals surface area contributed by atoms with Gasteiger partial charge >= 0.3 is 5.97 Å². The molecular formula is C19H16N2O4S. The van der Waals surface area contributed by atoms with Crippen LogP contribution in [0.15, 0.2) is 59.0 Å². The maximum Gasteiger partial charge on any atom is 0.338 e. The number of esters is 1. The fourth-order valence-corrected chi connectivity index (χ4v) is 2.54. The van der Waals surface area contributed by atoms with Crippen LogP contribution in [-0.4, -0.2) is 23.6 Å². The first-order valence-electron chi connectivity index (χ1n) is 7.95. The summed E-state index contributed by atoms with van der Waals surface area (Å²) >= 11 is 5.14. The molecule has 1 heterocycles. The number of hydrogen-bond donors (Lipinski definition) is 2. The van der Waals surface area contributed by atoms with E-state index in [2.05, 4.69) is 10.6 Å². The van der Waals surface area contributed by atoms with Crippen molar-refractivity contribution in [1.82, 2.24) is 5.32 Å². The Balaban J connectivity index is 1.61. The van der Waals surface area contributed by atoms with Crippen LogP contribution in [-0.2, 0) is 4.74 Å².